The van der Waals surface area contributed by atoms with Crippen molar-refractivity contribution in [2.45, 2.75) is 4.90 Å². The average Bonchev–Trinajstić information content (AvgIpc) is 2.14. The van der Waals surface area contributed by atoms with Gasteiger partial charge in [-0.05, 0) is 12.1 Å². The van der Waals surface area contributed by atoms with Gasteiger partial charge in [0.25, 0.3) is 0 Å². The lowest BCUT2D eigenvalue weighted by molar-refractivity contribution is 0.102. The molecule has 0 aliphatic carbocycles. The molecule has 0 fully saturated rings. The van der Waals surface area contributed by atoms with Crippen LogP contribution in [0.3, 0.4) is 0 Å². The van der Waals surface area contributed by atoms with Crippen molar-refractivity contribution in [3.8, 4) is 0 Å². The molecule has 2 N–H and O–H groups in total. The van der Waals surface area contributed by atoms with Crippen molar-refractivity contribution in [1.82, 2.24) is 0 Å². The maximum atomic E-state index is 11.4. The van der Waals surface area contributed by atoms with Gasteiger partial charge >= 0.3 is 0 Å². The molecule has 0 bridgehead atoms. The van der Waals surface area contributed by atoms with Gasteiger partial charge in [0.1, 0.15) is 4.90 Å². The molecule has 8 heteroatoms. The molecule has 0 saturated heterocycles. The normalized spacial score (nSPS) is 11.5. The summed E-state index contributed by atoms with van der Waals surface area (Å²) in [6.45, 7) is 0. The minimum Gasteiger partial charge on any atom is -0.293 e. The van der Waals surface area contributed by atoms with Crippen molar-refractivity contribution in [2.75, 3.05) is 5.33 Å². The van der Waals surface area contributed by atoms with E-state index in [-0.39, 0.29) is 31.6 Å². The molecule has 0 aliphatic rings. The predicted octanol–water partition coefficient (Wildman–Crippen LogP) is 2.22. The summed E-state index contributed by atoms with van der Waals surface area (Å²) >= 11 is 14.4. The van der Waals surface area contributed by atoms with E-state index in [1.165, 1.54) is 6.07 Å². The largest absolute Gasteiger partial charge is 0.293 e. The van der Waals surface area contributed by atoms with Gasteiger partial charge in [0.05, 0.1) is 15.4 Å². The van der Waals surface area contributed by atoms with E-state index in [1.54, 1.807) is 0 Å². The maximum absolute atomic E-state index is 11.4. The number of hydrogen-bond donors (Lipinski definition) is 1. The minimum absolute atomic E-state index is 0.0262. The van der Waals surface area contributed by atoms with Crippen molar-refractivity contribution in [3.63, 3.8) is 0 Å². The average molecular weight is 347 g/mol. The Morgan fingerprint density at radius 3 is 2.31 bits per heavy atom. The van der Waals surface area contributed by atoms with Gasteiger partial charge in [-0.15, -0.1) is 0 Å². The fraction of sp³-hybridized carbons (Fsp3) is 0.125. The van der Waals surface area contributed by atoms with E-state index >= 15 is 0 Å². The summed E-state index contributed by atoms with van der Waals surface area (Å²) in [6.07, 6.45) is 0. The van der Waals surface area contributed by atoms with E-state index in [9.17, 15) is 13.2 Å². The zero-order valence-corrected chi connectivity index (χ0v) is 11.6. The van der Waals surface area contributed by atoms with E-state index in [2.05, 4.69) is 15.9 Å². The summed E-state index contributed by atoms with van der Waals surface area (Å²) in [5, 5.41) is 4.94. The molecule has 1 aromatic rings. The Kier molecular flexibility index (Phi) is 4.36. The Morgan fingerprint density at radius 2 is 1.88 bits per heavy atom. The fourth-order valence-corrected chi connectivity index (χ4v) is 2.76. The van der Waals surface area contributed by atoms with Gasteiger partial charge in [-0.1, -0.05) is 39.1 Å². The molecule has 88 valence electrons. The zero-order valence-electron chi connectivity index (χ0n) is 7.71. The van der Waals surface area contributed by atoms with Crippen molar-refractivity contribution in [3.05, 3.63) is 27.7 Å². The highest BCUT2D eigenvalue weighted by molar-refractivity contribution is 9.09. The molecule has 0 amide bonds. The van der Waals surface area contributed by atoms with Crippen LogP contribution < -0.4 is 5.14 Å². The molecule has 0 aliphatic heterocycles. The van der Waals surface area contributed by atoms with E-state index in [4.69, 9.17) is 28.3 Å². The lowest BCUT2D eigenvalue weighted by Crippen LogP contribution is -2.14. The smallest absolute Gasteiger partial charge is 0.239 e. The van der Waals surface area contributed by atoms with Crippen molar-refractivity contribution in [2.24, 2.45) is 5.14 Å². The van der Waals surface area contributed by atoms with Crippen LogP contribution in [0.25, 0.3) is 0 Å². The lowest BCUT2D eigenvalue weighted by Gasteiger charge is -2.06. The number of benzene rings is 1. The molecule has 1 rings (SSSR count). The van der Waals surface area contributed by atoms with Gasteiger partial charge < -0.3 is 0 Å². The molecular weight excluding hydrogens is 341 g/mol. The Labute approximate surface area is 111 Å². The predicted molar refractivity (Wildman–Crippen MR) is 66.0 cm³/mol. The molecule has 1 aromatic carbocycles. The van der Waals surface area contributed by atoms with Gasteiger partial charge in [0.2, 0.25) is 10.0 Å². The SMILES string of the molecule is NS(=O)(=O)c1cc(C(=O)CBr)c(Cl)cc1Cl. The van der Waals surface area contributed by atoms with E-state index in [1.807, 2.05) is 0 Å². The lowest BCUT2D eigenvalue weighted by atomic mass is 10.1. The van der Waals surface area contributed by atoms with E-state index in [0.29, 0.717) is 0 Å². The second-order valence-corrected chi connectivity index (χ2v) is 5.77. The summed E-state index contributed by atoms with van der Waals surface area (Å²) < 4.78 is 22.3. The van der Waals surface area contributed by atoms with Crippen LogP contribution in [0.5, 0.6) is 0 Å². The monoisotopic (exact) mass is 345 g/mol. The molecule has 0 saturated carbocycles. The Hall–Kier alpha value is -0.140. The number of sulfonamides is 1. The first-order valence-corrected chi connectivity index (χ1v) is 7.30. The van der Waals surface area contributed by atoms with Crippen LogP contribution in [0, 0.1) is 0 Å². The van der Waals surface area contributed by atoms with E-state index < -0.39 is 10.0 Å². The first-order valence-electron chi connectivity index (χ1n) is 3.88. The number of Topliss-reactive ketones (excluding diaryl/α,β-unsaturated/α-hetero) is 1. The molecule has 0 heterocycles. The number of nitrogens with two attached hydrogens (primary N) is 1. The van der Waals surface area contributed by atoms with Crippen molar-refractivity contribution >= 4 is 54.9 Å². The minimum atomic E-state index is -3.97. The van der Waals surface area contributed by atoms with Crippen LogP contribution in [0.15, 0.2) is 17.0 Å². The van der Waals surface area contributed by atoms with Gasteiger partial charge in [-0.3, -0.25) is 4.79 Å². The molecule has 0 unspecified atom stereocenters. The van der Waals surface area contributed by atoms with Crippen LogP contribution in [0.2, 0.25) is 10.0 Å². The van der Waals surface area contributed by atoms with Crippen molar-refractivity contribution < 1.29 is 13.2 Å². The molecule has 4 nitrogen and oxygen atoms in total. The number of ketones is 1. The molecule has 0 radical (unpaired) electrons. The Morgan fingerprint density at radius 1 is 1.31 bits per heavy atom. The third-order valence-corrected chi connectivity index (χ3v) is 3.95. The third kappa shape index (κ3) is 2.95. The fourth-order valence-electron chi connectivity index (χ4n) is 1.03. The maximum Gasteiger partial charge on any atom is 0.239 e. The number of carbonyl (C=O) groups is 1. The van der Waals surface area contributed by atoms with Crippen molar-refractivity contribution in [1.29, 1.82) is 0 Å². The topological polar surface area (TPSA) is 77.2 Å². The van der Waals surface area contributed by atoms with Crippen LogP contribution in [0.1, 0.15) is 10.4 Å². The highest BCUT2D eigenvalue weighted by Gasteiger charge is 2.19. The van der Waals surface area contributed by atoms with Crippen LogP contribution >= 0.6 is 39.1 Å². The Balaban J connectivity index is 3.51. The van der Waals surface area contributed by atoms with Gasteiger partial charge in [0, 0.05) is 5.56 Å². The standard InChI is InChI=1S/C8H6BrCl2NO3S/c9-3-7(13)4-1-8(16(12,14)15)6(11)2-5(4)10/h1-2H,3H2,(H2,12,14,15). The highest BCUT2D eigenvalue weighted by Crippen LogP contribution is 2.28. The number of hydrogen-bond acceptors (Lipinski definition) is 3. The van der Waals surface area contributed by atoms with Gasteiger partial charge in [-0.25, -0.2) is 13.6 Å². The summed E-state index contributed by atoms with van der Waals surface area (Å²) in [4.78, 5) is 11.1. The number of carbonyl (C=O) groups excluding carboxylic acids is 1. The first kappa shape index (κ1) is 13.9. The van der Waals surface area contributed by atoms with Gasteiger partial charge in [-0.2, -0.15) is 0 Å². The summed E-state index contributed by atoms with van der Waals surface area (Å²) in [6, 6.07) is 2.25. The summed E-state index contributed by atoms with van der Waals surface area (Å²) in [5.74, 6) is -0.355. The quantitative estimate of drug-likeness (QED) is 0.673. The number of rotatable bonds is 3. The second kappa shape index (κ2) is 5.01. The molecular formula is C8H6BrCl2NO3S. The summed E-state index contributed by atoms with van der Waals surface area (Å²) in [5.41, 5.74) is 0.0620. The summed E-state index contributed by atoms with van der Waals surface area (Å²) in [7, 11) is -3.97. The highest BCUT2D eigenvalue weighted by atomic mass is 79.9. The van der Waals surface area contributed by atoms with Crippen LogP contribution in [0.4, 0.5) is 0 Å². The number of primary sulfonamides is 1. The first-order chi connectivity index (χ1) is 7.27. The molecule has 16 heavy (non-hydrogen) atoms. The molecule has 0 atom stereocenters. The zero-order chi connectivity index (χ0) is 12.5. The third-order valence-electron chi connectivity index (χ3n) is 1.75. The van der Waals surface area contributed by atoms with Crippen LogP contribution in [-0.4, -0.2) is 19.5 Å². The second-order valence-electron chi connectivity index (χ2n) is 2.86. The molecule has 0 aromatic heterocycles. The van der Waals surface area contributed by atoms with E-state index in [0.717, 1.165) is 6.07 Å². The Bertz CT molecular complexity index is 544. The number of alkyl halides is 1. The molecule has 0 spiro atoms. The number of halogens is 3. The van der Waals surface area contributed by atoms with Gasteiger partial charge in [0.15, 0.2) is 5.78 Å². The van der Waals surface area contributed by atoms with Crippen LogP contribution in [-0.2, 0) is 10.0 Å².